The first-order chi connectivity index (χ1) is 14.9. The Labute approximate surface area is 192 Å². The third kappa shape index (κ3) is 5.90. The summed E-state index contributed by atoms with van der Waals surface area (Å²) in [5.41, 5.74) is 3.55. The van der Waals surface area contributed by atoms with Gasteiger partial charge in [0.2, 0.25) is 0 Å². The molecule has 2 aromatic rings. The highest BCUT2D eigenvalue weighted by atomic mass is 16.5. The summed E-state index contributed by atoms with van der Waals surface area (Å²) in [6.45, 7) is 14.6. The number of carbonyl (C=O) groups excluding carboxylic acids is 2. The molecule has 2 aromatic carbocycles. The van der Waals surface area contributed by atoms with Crippen LogP contribution in [0.1, 0.15) is 75.9 Å². The van der Waals surface area contributed by atoms with E-state index in [0.717, 1.165) is 37.2 Å². The lowest BCUT2D eigenvalue weighted by Crippen LogP contribution is -2.27. The Kier molecular flexibility index (Phi) is 6.97. The fourth-order valence-electron chi connectivity index (χ4n) is 3.85. The molecule has 0 radical (unpaired) electrons. The molecule has 1 aliphatic heterocycles. The minimum absolute atomic E-state index is 0.0399. The average molecular weight is 437 g/mol. The highest BCUT2D eigenvalue weighted by Crippen LogP contribution is 2.35. The van der Waals surface area contributed by atoms with Gasteiger partial charge in [0.15, 0.2) is 6.61 Å². The van der Waals surface area contributed by atoms with Crippen LogP contribution in [-0.4, -0.2) is 36.4 Å². The quantitative estimate of drug-likeness (QED) is 0.670. The number of hydrogen-bond donors (Lipinski definition) is 1. The molecule has 1 N–H and O–H groups in total. The molecule has 1 saturated heterocycles. The Bertz CT molecular complexity index is 960. The summed E-state index contributed by atoms with van der Waals surface area (Å²) >= 11 is 0. The molecule has 1 aliphatic rings. The Morgan fingerprint density at radius 3 is 2.09 bits per heavy atom. The van der Waals surface area contributed by atoms with Gasteiger partial charge in [0.1, 0.15) is 5.75 Å². The third-order valence-corrected chi connectivity index (χ3v) is 5.82. The molecule has 5 nitrogen and oxygen atoms in total. The van der Waals surface area contributed by atoms with Gasteiger partial charge >= 0.3 is 0 Å². The number of nitrogens with one attached hydrogen (secondary N) is 1. The van der Waals surface area contributed by atoms with Crippen LogP contribution in [0.25, 0.3) is 0 Å². The lowest BCUT2D eigenvalue weighted by molar-refractivity contribution is -0.118. The lowest BCUT2D eigenvalue weighted by atomic mass is 9.80. The van der Waals surface area contributed by atoms with E-state index in [1.165, 1.54) is 5.56 Å². The first kappa shape index (κ1) is 23.8. The van der Waals surface area contributed by atoms with E-state index >= 15 is 0 Å². The van der Waals surface area contributed by atoms with Crippen molar-refractivity contribution in [2.24, 2.45) is 0 Å². The van der Waals surface area contributed by atoms with Crippen molar-refractivity contribution in [3.63, 3.8) is 0 Å². The van der Waals surface area contributed by atoms with Crippen LogP contribution in [-0.2, 0) is 15.6 Å². The monoisotopic (exact) mass is 436 g/mol. The van der Waals surface area contributed by atoms with Crippen LogP contribution >= 0.6 is 0 Å². The summed E-state index contributed by atoms with van der Waals surface area (Å²) in [4.78, 5) is 26.8. The minimum Gasteiger partial charge on any atom is -0.483 e. The maximum Gasteiger partial charge on any atom is 0.262 e. The summed E-state index contributed by atoms with van der Waals surface area (Å²) in [6.07, 6.45) is 2.13. The van der Waals surface area contributed by atoms with E-state index in [9.17, 15) is 9.59 Å². The number of likely N-dealkylation sites (tertiary alicyclic amines) is 1. The van der Waals surface area contributed by atoms with E-state index in [1.807, 2.05) is 11.0 Å². The number of amides is 2. The van der Waals surface area contributed by atoms with Crippen LogP contribution in [0.3, 0.4) is 0 Å². The molecule has 5 heteroatoms. The molecule has 0 saturated carbocycles. The fourth-order valence-corrected chi connectivity index (χ4v) is 3.85. The average Bonchev–Trinajstić information content (AvgIpc) is 3.25. The van der Waals surface area contributed by atoms with Crippen molar-refractivity contribution >= 4 is 17.5 Å². The Balaban J connectivity index is 1.63. The first-order valence-corrected chi connectivity index (χ1v) is 11.4. The molecule has 3 rings (SSSR count). The Hall–Kier alpha value is -2.82. The van der Waals surface area contributed by atoms with E-state index in [1.54, 1.807) is 24.3 Å². The Morgan fingerprint density at radius 2 is 1.53 bits per heavy atom. The summed E-state index contributed by atoms with van der Waals surface area (Å²) in [7, 11) is 0. The molecule has 0 atom stereocenters. The van der Waals surface area contributed by atoms with Crippen LogP contribution in [0.4, 0.5) is 5.69 Å². The largest absolute Gasteiger partial charge is 0.483 e. The van der Waals surface area contributed by atoms with E-state index in [-0.39, 0.29) is 29.3 Å². The molecule has 32 heavy (non-hydrogen) atoms. The second-order valence-electron chi connectivity index (χ2n) is 10.6. The first-order valence-electron chi connectivity index (χ1n) is 11.4. The number of benzene rings is 2. The topological polar surface area (TPSA) is 58.6 Å². The highest BCUT2D eigenvalue weighted by Gasteiger charge is 2.23. The van der Waals surface area contributed by atoms with Crippen molar-refractivity contribution < 1.29 is 14.3 Å². The lowest BCUT2D eigenvalue weighted by Gasteiger charge is -2.27. The van der Waals surface area contributed by atoms with Crippen LogP contribution in [0, 0.1) is 0 Å². The molecule has 0 spiro atoms. The van der Waals surface area contributed by atoms with Gasteiger partial charge in [-0.15, -0.1) is 0 Å². The summed E-state index contributed by atoms with van der Waals surface area (Å²) in [5.74, 6) is 0.549. The van der Waals surface area contributed by atoms with Crippen molar-refractivity contribution in [3.8, 4) is 5.75 Å². The molecule has 0 unspecified atom stereocenters. The van der Waals surface area contributed by atoms with E-state index in [2.05, 4.69) is 59.0 Å². The minimum atomic E-state index is -0.233. The standard InChI is InChI=1S/C27H36N2O3/c1-26(2,3)20-11-14-23(22(17-20)27(4,5)6)32-18-24(30)28-21-12-9-19(10-13-21)25(31)29-15-7-8-16-29/h9-14,17H,7-8,15-16,18H2,1-6H3,(H,28,30). The van der Waals surface area contributed by atoms with Crippen LogP contribution in [0.5, 0.6) is 5.75 Å². The van der Waals surface area contributed by atoms with Gasteiger partial charge in [-0.25, -0.2) is 0 Å². The van der Waals surface area contributed by atoms with Crippen molar-refractivity contribution in [2.45, 2.75) is 65.2 Å². The zero-order valence-corrected chi connectivity index (χ0v) is 20.2. The molecule has 172 valence electrons. The Morgan fingerprint density at radius 1 is 0.906 bits per heavy atom. The highest BCUT2D eigenvalue weighted by molar-refractivity contribution is 5.96. The van der Waals surface area contributed by atoms with E-state index < -0.39 is 0 Å². The predicted molar refractivity (Wildman–Crippen MR) is 130 cm³/mol. The zero-order valence-electron chi connectivity index (χ0n) is 20.2. The second-order valence-corrected chi connectivity index (χ2v) is 10.6. The van der Waals surface area contributed by atoms with Crippen molar-refractivity contribution in [1.82, 2.24) is 4.90 Å². The van der Waals surface area contributed by atoms with Gasteiger partial charge in [0.05, 0.1) is 0 Å². The van der Waals surface area contributed by atoms with Gasteiger partial charge < -0.3 is 15.0 Å². The number of ether oxygens (including phenoxy) is 1. The van der Waals surface area contributed by atoms with Gasteiger partial charge in [-0.05, 0) is 65.1 Å². The maximum absolute atomic E-state index is 12.5. The molecular weight excluding hydrogens is 400 g/mol. The van der Waals surface area contributed by atoms with Crippen LogP contribution < -0.4 is 10.1 Å². The molecule has 2 amide bonds. The molecule has 0 aliphatic carbocycles. The number of rotatable bonds is 5. The predicted octanol–water partition coefficient (Wildman–Crippen LogP) is 5.54. The maximum atomic E-state index is 12.5. The van der Waals surface area contributed by atoms with Gasteiger partial charge in [0, 0.05) is 24.3 Å². The summed E-state index contributed by atoms with van der Waals surface area (Å²) in [6, 6.07) is 13.3. The van der Waals surface area contributed by atoms with Gasteiger partial charge in [-0.2, -0.15) is 0 Å². The molecule has 1 heterocycles. The van der Waals surface area contributed by atoms with Gasteiger partial charge in [-0.1, -0.05) is 53.7 Å². The SMILES string of the molecule is CC(C)(C)c1ccc(OCC(=O)Nc2ccc(C(=O)N3CCCC3)cc2)c(C(C)(C)C)c1. The van der Waals surface area contributed by atoms with Crippen LogP contribution in [0.2, 0.25) is 0 Å². The summed E-state index contributed by atoms with van der Waals surface area (Å²) < 4.78 is 5.92. The number of carbonyl (C=O) groups is 2. The number of hydrogen-bond acceptors (Lipinski definition) is 3. The normalized spacial score (nSPS) is 14.4. The molecule has 0 aromatic heterocycles. The van der Waals surface area contributed by atoms with E-state index in [4.69, 9.17) is 4.74 Å². The van der Waals surface area contributed by atoms with Crippen molar-refractivity contribution in [3.05, 3.63) is 59.2 Å². The smallest absolute Gasteiger partial charge is 0.262 e. The van der Waals surface area contributed by atoms with Gasteiger partial charge in [-0.3, -0.25) is 9.59 Å². The summed E-state index contributed by atoms with van der Waals surface area (Å²) in [5, 5.41) is 2.85. The molecular formula is C27H36N2O3. The number of nitrogens with zero attached hydrogens (tertiary/aromatic N) is 1. The van der Waals surface area contributed by atoms with Crippen LogP contribution in [0.15, 0.2) is 42.5 Å². The molecule has 0 bridgehead atoms. The van der Waals surface area contributed by atoms with Gasteiger partial charge in [0.25, 0.3) is 11.8 Å². The van der Waals surface area contributed by atoms with Crippen molar-refractivity contribution in [1.29, 1.82) is 0 Å². The molecule has 1 fully saturated rings. The fraction of sp³-hybridized carbons (Fsp3) is 0.481. The third-order valence-electron chi connectivity index (χ3n) is 5.82. The second kappa shape index (κ2) is 9.35. The van der Waals surface area contributed by atoms with E-state index in [0.29, 0.717) is 11.3 Å². The van der Waals surface area contributed by atoms with Crippen molar-refractivity contribution in [2.75, 3.05) is 25.0 Å². The zero-order chi connectivity index (χ0) is 23.5. The number of anilines is 1.